The molecule has 4 aliphatic rings. The number of carbonyl (C=O) groups excluding carboxylic acids is 2. The summed E-state index contributed by atoms with van der Waals surface area (Å²) in [6.45, 7) is 2.36. The van der Waals surface area contributed by atoms with E-state index in [-0.39, 0.29) is 29.3 Å². The third-order valence-electron chi connectivity index (χ3n) is 9.44. The first-order valence-corrected chi connectivity index (χ1v) is 12.3. The first-order valence-electron chi connectivity index (χ1n) is 12.3. The zero-order chi connectivity index (χ0) is 22.9. The fraction of sp³-hybridized carbons (Fsp3) is 0.500. The van der Waals surface area contributed by atoms with Gasteiger partial charge >= 0.3 is 5.97 Å². The van der Waals surface area contributed by atoms with Crippen LogP contribution in [0.25, 0.3) is 0 Å². The highest BCUT2D eigenvalue weighted by molar-refractivity contribution is 5.92. The lowest BCUT2D eigenvalue weighted by molar-refractivity contribution is -0.151. The molecular formula is C28H31NO4. The van der Waals surface area contributed by atoms with Crippen LogP contribution in [0.5, 0.6) is 5.75 Å². The maximum Gasteiger partial charge on any atom is 0.310 e. The molecule has 0 aromatic heterocycles. The van der Waals surface area contributed by atoms with Crippen LogP contribution < -0.4 is 5.73 Å². The van der Waals surface area contributed by atoms with Crippen LogP contribution in [-0.2, 0) is 22.4 Å². The molecule has 3 N–H and O–H groups in total. The Morgan fingerprint density at radius 3 is 2.85 bits per heavy atom. The van der Waals surface area contributed by atoms with Crippen LogP contribution in [0.2, 0.25) is 0 Å². The van der Waals surface area contributed by atoms with E-state index in [2.05, 4.69) is 13.0 Å². The molecule has 3 aliphatic carbocycles. The number of esters is 1. The van der Waals surface area contributed by atoms with E-state index in [1.807, 2.05) is 30.3 Å². The second-order valence-corrected chi connectivity index (χ2v) is 11.0. The van der Waals surface area contributed by atoms with Gasteiger partial charge in [-0.25, -0.2) is 0 Å². The quantitative estimate of drug-likeness (QED) is 0.687. The number of phenolic OH excluding ortho intramolecular Hbond substituents is 1. The monoisotopic (exact) mass is 445 g/mol. The molecule has 0 spiro atoms. The Morgan fingerprint density at radius 2 is 2.03 bits per heavy atom. The number of hydrogen-bond donors (Lipinski definition) is 2. The predicted octanol–water partition coefficient (Wildman–Crippen LogP) is 4.36. The summed E-state index contributed by atoms with van der Waals surface area (Å²) in [5, 5.41) is 9.93. The standard InChI is InChI=1S/C28H31NO4/c1-28-10-9-20-19-8-6-18(30)13-16(19)5-7-21(20)24(28)14-22-23(27(32)33-25(22)28)12-15-3-2-4-17(11-15)26(29)31/h2-4,6,8,11,13,20-25,30H,5,7,9-10,12,14H2,1H3,(H2,29,31)/t20?,21?,22-,23-,24?,25+,28+/m1/s1. The van der Waals surface area contributed by atoms with E-state index in [9.17, 15) is 14.7 Å². The molecule has 1 amide bonds. The number of nitrogens with two attached hydrogens (primary N) is 1. The van der Waals surface area contributed by atoms with E-state index < -0.39 is 5.91 Å². The highest BCUT2D eigenvalue weighted by Crippen LogP contribution is 2.65. The normalized spacial score (nSPS) is 36.3. The molecule has 2 saturated carbocycles. The number of primary amides is 1. The van der Waals surface area contributed by atoms with E-state index >= 15 is 0 Å². The number of ether oxygens (including phenoxy) is 1. The summed E-state index contributed by atoms with van der Waals surface area (Å²) in [7, 11) is 0. The van der Waals surface area contributed by atoms with Gasteiger partial charge in [-0.1, -0.05) is 25.1 Å². The van der Waals surface area contributed by atoms with Gasteiger partial charge in [-0.05, 0) is 97.2 Å². The Morgan fingerprint density at radius 1 is 1.18 bits per heavy atom. The van der Waals surface area contributed by atoms with Gasteiger partial charge in [-0.2, -0.15) is 0 Å². The van der Waals surface area contributed by atoms with Crippen LogP contribution in [0.3, 0.4) is 0 Å². The van der Waals surface area contributed by atoms with E-state index in [0.717, 1.165) is 37.7 Å². The minimum atomic E-state index is -0.444. The Bertz CT molecular complexity index is 1140. The lowest BCUT2D eigenvalue weighted by atomic mass is 9.55. The molecule has 3 fully saturated rings. The maximum atomic E-state index is 13.0. The number of amides is 1. The van der Waals surface area contributed by atoms with E-state index in [4.69, 9.17) is 10.5 Å². The van der Waals surface area contributed by atoms with Crippen molar-refractivity contribution in [1.82, 2.24) is 0 Å². The lowest BCUT2D eigenvalue weighted by Gasteiger charge is -2.50. The van der Waals surface area contributed by atoms with Gasteiger partial charge in [-0.15, -0.1) is 0 Å². The number of benzene rings is 2. The number of carbonyl (C=O) groups is 2. The molecule has 33 heavy (non-hydrogen) atoms. The number of hydrogen-bond acceptors (Lipinski definition) is 4. The largest absolute Gasteiger partial charge is 0.508 e. The maximum absolute atomic E-state index is 13.0. The summed E-state index contributed by atoms with van der Waals surface area (Å²) < 4.78 is 6.12. The summed E-state index contributed by atoms with van der Waals surface area (Å²) in [6.07, 6.45) is 5.94. The van der Waals surface area contributed by atoms with Crippen LogP contribution in [0.1, 0.15) is 65.6 Å². The van der Waals surface area contributed by atoms with Crippen LogP contribution in [0.4, 0.5) is 0 Å². The van der Waals surface area contributed by atoms with Gasteiger partial charge in [0, 0.05) is 16.9 Å². The second kappa shape index (κ2) is 7.34. The van der Waals surface area contributed by atoms with E-state index in [0.29, 0.717) is 35.5 Å². The smallest absolute Gasteiger partial charge is 0.310 e. The van der Waals surface area contributed by atoms with Crippen molar-refractivity contribution in [3.63, 3.8) is 0 Å². The van der Waals surface area contributed by atoms with Gasteiger partial charge in [0.15, 0.2) is 0 Å². The first kappa shape index (κ1) is 20.8. The zero-order valence-electron chi connectivity index (χ0n) is 19.0. The minimum absolute atomic E-state index is 0.0125. The average Bonchev–Trinajstić information content (AvgIpc) is 3.26. The Kier molecular flexibility index (Phi) is 4.62. The van der Waals surface area contributed by atoms with Gasteiger partial charge in [0.05, 0.1) is 5.92 Å². The van der Waals surface area contributed by atoms with Crippen molar-refractivity contribution >= 4 is 11.9 Å². The number of aryl methyl sites for hydroxylation is 1. The summed E-state index contributed by atoms with van der Waals surface area (Å²) in [5.74, 6) is 1.58. The van der Waals surface area contributed by atoms with E-state index in [1.165, 1.54) is 11.1 Å². The number of aromatic hydroxyl groups is 1. The van der Waals surface area contributed by atoms with Gasteiger partial charge in [0.25, 0.3) is 0 Å². The van der Waals surface area contributed by atoms with Crippen molar-refractivity contribution in [2.75, 3.05) is 0 Å². The van der Waals surface area contributed by atoms with Crippen LogP contribution in [0, 0.1) is 29.1 Å². The average molecular weight is 446 g/mol. The van der Waals surface area contributed by atoms with Gasteiger partial charge < -0.3 is 15.6 Å². The molecule has 3 unspecified atom stereocenters. The number of fused-ring (bicyclic) bond motifs is 7. The van der Waals surface area contributed by atoms with Crippen molar-refractivity contribution in [2.45, 2.75) is 57.5 Å². The van der Waals surface area contributed by atoms with Crippen molar-refractivity contribution < 1.29 is 19.4 Å². The third kappa shape index (κ3) is 3.12. The number of rotatable bonds is 3. The summed E-state index contributed by atoms with van der Waals surface area (Å²) in [4.78, 5) is 24.6. The highest BCUT2D eigenvalue weighted by atomic mass is 16.6. The molecule has 5 nitrogen and oxygen atoms in total. The molecule has 1 saturated heterocycles. The molecule has 1 heterocycles. The van der Waals surface area contributed by atoms with Crippen molar-refractivity contribution in [2.24, 2.45) is 34.8 Å². The zero-order valence-corrected chi connectivity index (χ0v) is 19.0. The molecule has 0 bridgehead atoms. The second-order valence-electron chi connectivity index (χ2n) is 11.0. The molecule has 5 heteroatoms. The fourth-order valence-electron chi connectivity index (χ4n) is 7.94. The van der Waals surface area contributed by atoms with Crippen LogP contribution >= 0.6 is 0 Å². The Labute approximate surface area is 194 Å². The molecule has 2 aromatic carbocycles. The van der Waals surface area contributed by atoms with E-state index in [1.54, 1.807) is 6.07 Å². The van der Waals surface area contributed by atoms with Crippen molar-refractivity contribution in [3.05, 3.63) is 64.7 Å². The van der Waals surface area contributed by atoms with Crippen LogP contribution in [0.15, 0.2) is 42.5 Å². The third-order valence-corrected chi connectivity index (χ3v) is 9.44. The first-order chi connectivity index (χ1) is 15.8. The molecule has 1 aliphatic heterocycles. The molecule has 0 radical (unpaired) electrons. The summed E-state index contributed by atoms with van der Waals surface area (Å²) in [6, 6.07) is 13.3. The number of phenols is 1. The molecule has 6 rings (SSSR count). The highest BCUT2D eigenvalue weighted by Gasteiger charge is 2.64. The molecule has 172 valence electrons. The Hall–Kier alpha value is -2.82. The van der Waals surface area contributed by atoms with Gasteiger partial charge in [0.1, 0.15) is 11.9 Å². The lowest BCUT2D eigenvalue weighted by Crippen LogP contribution is -2.44. The summed E-state index contributed by atoms with van der Waals surface area (Å²) in [5.41, 5.74) is 9.66. The topological polar surface area (TPSA) is 89.6 Å². The Balaban J connectivity index is 1.28. The van der Waals surface area contributed by atoms with Crippen molar-refractivity contribution in [1.29, 1.82) is 0 Å². The molecule has 7 atom stereocenters. The van der Waals surface area contributed by atoms with Gasteiger partial charge in [0.2, 0.25) is 5.91 Å². The van der Waals surface area contributed by atoms with Crippen molar-refractivity contribution in [3.8, 4) is 5.75 Å². The predicted molar refractivity (Wildman–Crippen MR) is 124 cm³/mol. The van der Waals surface area contributed by atoms with Gasteiger partial charge in [-0.3, -0.25) is 9.59 Å². The molecule has 2 aromatic rings. The van der Waals surface area contributed by atoms with Crippen LogP contribution in [-0.4, -0.2) is 23.1 Å². The molecular weight excluding hydrogens is 414 g/mol. The minimum Gasteiger partial charge on any atom is -0.508 e. The fourth-order valence-corrected chi connectivity index (χ4v) is 7.94. The summed E-state index contributed by atoms with van der Waals surface area (Å²) >= 11 is 0. The SMILES string of the molecule is C[C@]12CCC3c4ccc(O)cc4CCC3C1C[C@@H]1[C@@H](Cc3cccc(C(N)=O)c3)C(=O)O[C@@H]12.